The van der Waals surface area contributed by atoms with E-state index in [4.69, 9.17) is 11.6 Å². The summed E-state index contributed by atoms with van der Waals surface area (Å²) in [6, 6.07) is 17.3. The first-order valence-electron chi connectivity index (χ1n) is 7.40. The molecule has 1 unspecified atom stereocenters. The Labute approximate surface area is 136 Å². The quantitative estimate of drug-likeness (QED) is 0.835. The number of nitrogens with one attached hydrogen (secondary N) is 2. The molecule has 0 saturated carbocycles. The number of amides is 1. The van der Waals surface area contributed by atoms with Crippen molar-refractivity contribution in [2.24, 2.45) is 5.92 Å². The first kappa shape index (κ1) is 16.5. The maximum Gasteiger partial charge on any atom is 0.238 e. The number of para-hydroxylation sites is 1. The summed E-state index contributed by atoms with van der Waals surface area (Å²) in [6.45, 7) is 4.52. The van der Waals surface area contributed by atoms with Crippen molar-refractivity contribution in [2.75, 3.05) is 11.9 Å². The minimum Gasteiger partial charge on any atom is -0.325 e. The highest BCUT2D eigenvalue weighted by atomic mass is 35.5. The van der Waals surface area contributed by atoms with Crippen LogP contribution in [-0.4, -0.2) is 12.5 Å². The average molecular weight is 317 g/mol. The Hall–Kier alpha value is -1.84. The smallest absolute Gasteiger partial charge is 0.238 e. The van der Waals surface area contributed by atoms with Gasteiger partial charge in [-0.1, -0.05) is 55.8 Å². The summed E-state index contributed by atoms with van der Waals surface area (Å²) in [5, 5.41) is 6.91. The lowest BCUT2D eigenvalue weighted by Gasteiger charge is -2.23. The molecule has 0 radical (unpaired) electrons. The molecule has 2 aromatic rings. The van der Waals surface area contributed by atoms with Crippen LogP contribution in [0.3, 0.4) is 0 Å². The summed E-state index contributed by atoms with van der Waals surface area (Å²) in [5.41, 5.74) is 1.94. The van der Waals surface area contributed by atoms with Crippen LogP contribution in [0.5, 0.6) is 0 Å². The zero-order valence-electron chi connectivity index (χ0n) is 12.8. The Morgan fingerprint density at radius 1 is 1.05 bits per heavy atom. The minimum absolute atomic E-state index is 0.0502. The van der Waals surface area contributed by atoms with E-state index in [1.165, 1.54) is 0 Å². The number of anilines is 1. The van der Waals surface area contributed by atoms with E-state index in [1.807, 2.05) is 54.6 Å². The van der Waals surface area contributed by atoms with Gasteiger partial charge in [0.15, 0.2) is 0 Å². The molecule has 2 aromatic carbocycles. The van der Waals surface area contributed by atoms with Crippen LogP contribution < -0.4 is 10.6 Å². The van der Waals surface area contributed by atoms with Crippen molar-refractivity contribution >= 4 is 23.2 Å². The van der Waals surface area contributed by atoms with Gasteiger partial charge in [0.2, 0.25) is 5.91 Å². The van der Waals surface area contributed by atoms with Gasteiger partial charge >= 0.3 is 0 Å². The van der Waals surface area contributed by atoms with Gasteiger partial charge < -0.3 is 10.6 Å². The highest BCUT2D eigenvalue weighted by Crippen LogP contribution is 2.23. The van der Waals surface area contributed by atoms with Crippen LogP contribution in [0.1, 0.15) is 25.5 Å². The Bertz CT molecular complexity index is 596. The fourth-order valence-corrected chi connectivity index (χ4v) is 2.46. The molecule has 0 fully saturated rings. The molecule has 116 valence electrons. The molecule has 0 aliphatic carbocycles. The largest absolute Gasteiger partial charge is 0.325 e. The number of carbonyl (C=O) groups is 1. The normalized spacial score (nSPS) is 12.2. The first-order chi connectivity index (χ1) is 10.6. The number of halogens is 1. The summed E-state index contributed by atoms with van der Waals surface area (Å²) >= 11 is 5.93. The van der Waals surface area contributed by atoms with Crippen molar-refractivity contribution in [3.05, 3.63) is 65.2 Å². The fourth-order valence-electron chi connectivity index (χ4n) is 2.34. The van der Waals surface area contributed by atoms with Crippen molar-refractivity contribution in [1.82, 2.24) is 5.32 Å². The van der Waals surface area contributed by atoms with Gasteiger partial charge in [0.1, 0.15) is 0 Å². The second-order valence-corrected chi connectivity index (χ2v) is 6.00. The summed E-state index contributed by atoms with van der Waals surface area (Å²) in [5.74, 6) is 0.316. The molecule has 0 aliphatic rings. The van der Waals surface area contributed by atoms with Crippen LogP contribution in [-0.2, 0) is 4.79 Å². The predicted molar refractivity (Wildman–Crippen MR) is 92.1 cm³/mol. The van der Waals surface area contributed by atoms with Crippen molar-refractivity contribution < 1.29 is 4.79 Å². The summed E-state index contributed by atoms with van der Waals surface area (Å²) in [4.78, 5) is 12.0. The monoisotopic (exact) mass is 316 g/mol. The number of hydrogen-bond donors (Lipinski definition) is 2. The molecular weight excluding hydrogens is 296 g/mol. The van der Waals surface area contributed by atoms with Gasteiger partial charge in [-0.3, -0.25) is 4.79 Å². The van der Waals surface area contributed by atoms with Crippen molar-refractivity contribution in [3.63, 3.8) is 0 Å². The molecule has 22 heavy (non-hydrogen) atoms. The third kappa shape index (κ3) is 4.86. The minimum atomic E-state index is -0.0502. The van der Waals surface area contributed by atoms with Crippen LogP contribution in [0.15, 0.2) is 54.6 Å². The summed E-state index contributed by atoms with van der Waals surface area (Å²) in [7, 11) is 0. The Kier molecular flexibility index (Phi) is 5.99. The van der Waals surface area contributed by atoms with Crippen molar-refractivity contribution in [2.45, 2.75) is 19.9 Å². The molecule has 3 nitrogen and oxygen atoms in total. The van der Waals surface area contributed by atoms with E-state index in [0.717, 1.165) is 11.3 Å². The van der Waals surface area contributed by atoms with E-state index in [-0.39, 0.29) is 18.5 Å². The lowest BCUT2D eigenvalue weighted by molar-refractivity contribution is -0.115. The van der Waals surface area contributed by atoms with Crippen molar-refractivity contribution in [3.8, 4) is 0 Å². The molecule has 0 aromatic heterocycles. The van der Waals surface area contributed by atoms with Crippen LogP contribution in [0.2, 0.25) is 5.02 Å². The predicted octanol–water partition coefficient (Wildman–Crippen LogP) is 4.27. The molecule has 0 heterocycles. The SMILES string of the molecule is CC(C)C(NCC(=O)Nc1ccccc1)c1ccc(Cl)cc1. The molecule has 2 rings (SSSR count). The number of hydrogen-bond acceptors (Lipinski definition) is 2. The number of carbonyl (C=O) groups excluding carboxylic acids is 1. The van der Waals surface area contributed by atoms with Crippen LogP contribution >= 0.6 is 11.6 Å². The zero-order valence-corrected chi connectivity index (χ0v) is 13.6. The van der Waals surface area contributed by atoms with Crippen LogP contribution in [0.4, 0.5) is 5.69 Å². The molecule has 0 aliphatic heterocycles. The molecule has 0 bridgehead atoms. The molecule has 0 saturated heterocycles. The number of benzene rings is 2. The molecule has 2 N–H and O–H groups in total. The molecule has 0 spiro atoms. The highest BCUT2D eigenvalue weighted by molar-refractivity contribution is 6.30. The van der Waals surface area contributed by atoms with Gasteiger partial charge in [-0.15, -0.1) is 0 Å². The summed E-state index contributed by atoms with van der Waals surface area (Å²) in [6.07, 6.45) is 0. The van der Waals surface area contributed by atoms with Gasteiger partial charge in [0, 0.05) is 16.8 Å². The standard InChI is InChI=1S/C18H21ClN2O/c1-13(2)18(14-8-10-15(19)11-9-14)20-12-17(22)21-16-6-4-3-5-7-16/h3-11,13,18,20H,12H2,1-2H3,(H,21,22). The highest BCUT2D eigenvalue weighted by Gasteiger charge is 2.16. The van der Waals surface area contributed by atoms with Gasteiger partial charge in [0.05, 0.1) is 6.54 Å². The van der Waals surface area contributed by atoms with E-state index in [0.29, 0.717) is 10.9 Å². The van der Waals surface area contributed by atoms with E-state index in [1.54, 1.807) is 0 Å². The lowest BCUT2D eigenvalue weighted by atomic mass is 9.96. The summed E-state index contributed by atoms with van der Waals surface area (Å²) < 4.78 is 0. The third-order valence-corrected chi connectivity index (χ3v) is 3.69. The molecular formula is C18H21ClN2O. The van der Waals surface area contributed by atoms with Gasteiger partial charge in [-0.25, -0.2) is 0 Å². The topological polar surface area (TPSA) is 41.1 Å². The van der Waals surface area contributed by atoms with Crippen LogP contribution in [0.25, 0.3) is 0 Å². The second kappa shape index (κ2) is 7.97. The zero-order chi connectivity index (χ0) is 15.9. The van der Waals surface area contributed by atoms with Crippen molar-refractivity contribution in [1.29, 1.82) is 0 Å². The van der Waals surface area contributed by atoms with Gasteiger partial charge in [-0.2, -0.15) is 0 Å². The first-order valence-corrected chi connectivity index (χ1v) is 7.78. The van der Waals surface area contributed by atoms with E-state index < -0.39 is 0 Å². The Morgan fingerprint density at radius 2 is 1.68 bits per heavy atom. The van der Waals surface area contributed by atoms with E-state index in [2.05, 4.69) is 24.5 Å². The van der Waals surface area contributed by atoms with Gasteiger partial charge in [0.25, 0.3) is 0 Å². The van der Waals surface area contributed by atoms with Gasteiger partial charge in [-0.05, 0) is 35.7 Å². The second-order valence-electron chi connectivity index (χ2n) is 5.57. The fraction of sp³-hybridized carbons (Fsp3) is 0.278. The molecule has 1 amide bonds. The maximum absolute atomic E-state index is 12.0. The Morgan fingerprint density at radius 3 is 2.27 bits per heavy atom. The number of rotatable bonds is 6. The maximum atomic E-state index is 12.0. The third-order valence-electron chi connectivity index (χ3n) is 3.44. The molecule has 4 heteroatoms. The van der Waals surface area contributed by atoms with E-state index >= 15 is 0 Å². The Balaban J connectivity index is 1.94. The lowest BCUT2D eigenvalue weighted by Crippen LogP contribution is -2.33. The van der Waals surface area contributed by atoms with E-state index in [9.17, 15) is 4.79 Å². The van der Waals surface area contributed by atoms with Crippen LogP contribution in [0, 0.1) is 5.92 Å². The average Bonchev–Trinajstić information content (AvgIpc) is 2.50. The molecule has 1 atom stereocenters.